The molecule has 1 atom stereocenters. The number of pyridine rings is 1. The van der Waals surface area contributed by atoms with Gasteiger partial charge in [-0.05, 0) is 45.0 Å². The summed E-state index contributed by atoms with van der Waals surface area (Å²) in [5.74, 6) is 2.05. The first-order valence-corrected chi connectivity index (χ1v) is 13.4. The van der Waals surface area contributed by atoms with Gasteiger partial charge >= 0.3 is 0 Å². The van der Waals surface area contributed by atoms with Gasteiger partial charge in [0.2, 0.25) is 0 Å². The largest absolute Gasteiger partial charge is 0.372 e. The van der Waals surface area contributed by atoms with Gasteiger partial charge in [-0.3, -0.25) is 9.99 Å². The highest BCUT2D eigenvalue weighted by molar-refractivity contribution is 7.09. The standard InChI is InChI=1S/C27H24Cl2FN7S/c1-5-16-11-31-25-18(24(16)34-21-8-6-7-19(28)23(21)30)9-17(10-20(25)29)33-26(27-15(4)32-13-38-27)22-12-37(14(2)3)36-35-22/h1,6-14,26,33,35-36H,2-4H3,(H,31,34)/t26-/m1/s1. The molecule has 1 aliphatic rings. The molecule has 0 fully saturated rings. The minimum atomic E-state index is -0.579. The van der Waals surface area contributed by atoms with Crippen molar-refractivity contribution in [2.45, 2.75) is 32.9 Å². The van der Waals surface area contributed by atoms with E-state index < -0.39 is 5.82 Å². The van der Waals surface area contributed by atoms with Crippen molar-refractivity contribution >= 4 is 62.5 Å². The molecule has 0 spiro atoms. The van der Waals surface area contributed by atoms with Crippen LogP contribution in [0.5, 0.6) is 0 Å². The van der Waals surface area contributed by atoms with Gasteiger partial charge < -0.3 is 16.1 Å². The van der Waals surface area contributed by atoms with E-state index in [4.69, 9.17) is 29.6 Å². The molecule has 4 aromatic rings. The molecule has 3 heterocycles. The summed E-state index contributed by atoms with van der Waals surface area (Å²) in [5.41, 5.74) is 12.5. The Morgan fingerprint density at radius 3 is 2.68 bits per heavy atom. The number of anilines is 3. The zero-order valence-electron chi connectivity index (χ0n) is 20.7. The first kappa shape index (κ1) is 26.1. The fraction of sp³-hybridized carbons (Fsp3) is 0.185. The second-order valence-electron chi connectivity index (χ2n) is 8.97. The molecule has 0 unspecified atom stereocenters. The van der Waals surface area contributed by atoms with Crippen molar-refractivity contribution in [1.29, 1.82) is 0 Å². The Balaban J connectivity index is 1.61. The number of aryl methyl sites for hydroxylation is 1. The maximum Gasteiger partial charge on any atom is 0.165 e. The Kier molecular flexibility index (Phi) is 7.32. The minimum Gasteiger partial charge on any atom is -0.372 e. The number of nitrogens with zero attached hydrogens (tertiary/aromatic N) is 3. The van der Waals surface area contributed by atoms with Crippen LogP contribution in [0.15, 0.2) is 53.9 Å². The molecule has 7 nitrogen and oxygen atoms in total. The molecular formula is C27H24Cl2FN7S. The second-order valence-corrected chi connectivity index (χ2v) is 10.7. The lowest BCUT2D eigenvalue weighted by atomic mass is 10.1. The Morgan fingerprint density at radius 2 is 2.00 bits per heavy atom. The van der Waals surface area contributed by atoms with Crippen LogP contribution in [0.2, 0.25) is 10.0 Å². The quantitative estimate of drug-likeness (QED) is 0.181. The Morgan fingerprint density at radius 1 is 1.18 bits per heavy atom. The van der Waals surface area contributed by atoms with Crippen LogP contribution in [0.1, 0.15) is 36.0 Å². The molecule has 4 N–H and O–H groups in total. The number of hydrazine groups is 2. The van der Waals surface area contributed by atoms with Crippen LogP contribution in [-0.4, -0.2) is 21.0 Å². The lowest BCUT2D eigenvalue weighted by molar-refractivity contribution is 0.221. The third-order valence-corrected chi connectivity index (χ3v) is 7.70. The second kappa shape index (κ2) is 10.7. The van der Waals surface area contributed by atoms with Gasteiger partial charge in [0.25, 0.3) is 0 Å². The Bertz CT molecular complexity index is 1590. The van der Waals surface area contributed by atoms with E-state index >= 15 is 0 Å². The number of fused-ring (bicyclic) bond motifs is 1. The molecule has 0 saturated heterocycles. The number of hydrogen-bond acceptors (Lipinski definition) is 8. The number of rotatable bonds is 7. The number of hydrogen-bond donors (Lipinski definition) is 4. The molecule has 1 aliphatic heterocycles. The summed E-state index contributed by atoms with van der Waals surface area (Å²) in [6.45, 7) is 6.15. The summed E-state index contributed by atoms with van der Waals surface area (Å²) in [7, 11) is 0. The molecule has 0 bridgehead atoms. The van der Waals surface area contributed by atoms with E-state index in [0.717, 1.165) is 22.0 Å². The fourth-order valence-electron chi connectivity index (χ4n) is 4.13. The van der Waals surface area contributed by atoms with Gasteiger partial charge in [-0.2, -0.15) is 0 Å². The summed E-state index contributed by atoms with van der Waals surface area (Å²) in [4.78, 5) is 9.96. The van der Waals surface area contributed by atoms with E-state index in [0.29, 0.717) is 27.2 Å². The van der Waals surface area contributed by atoms with E-state index in [1.54, 1.807) is 23.5 Å². The van der Waals surface area contributed by atoms with Crippen LogP contribution >= 0.6 is 34.5 Å². The SMILES string of the molecule is C#Cc1cnc2c(Cl)cc(N[C@H](C3=CN(C(C)C)NN3)c3scnc3C)cc2c1Nc1cccc(Cl)c1F. The van der Waals surface area contributed by atoms with Crippen molar-refractivity contribution in [1.82, 2.24) is 25.9 Å². The van der Waals surface area contributed by atoms with Crippen molar-refractivity contribution in [3.63, 3.8) is 0 Å². The summed E-state index contributed by atoms with van der Waals surface area (Å²) in [6.07, 6.45) is 9.35. The minimum absolute atomic E-state index is 0.000153. The van der Waals surface area contributed by atoms with Gasteiger partial charge in [0, 0.05) is 29.5 Å². The monoisotopic (exact) mass is 567 g/mol. The van der Waals surface area contributed by atoms with Crippen molar-refractivity contribution in [2.75, 3.05) is 10.6 Å². The van der Waals surface area contributed by atoms with E-state index in [-0.39, 0.29) is 22.8 Å². The topological polar surface area (TPSA) is 77.1 Å². The van der Waals surface area contributed by atoms with Crippen LogP contribution in [0, 0.1) is 25.1 Å². The van der Waals surface area contributed by atoms with Crippen molar-refractivity contribution in [3.8, 4) is 12.3 Å². The molecular weight excluding hydrogens is 544 g/mol. The third kappa shape index (κ3) is 4.96. The summed E-state index contributed by atoms with van der Waals surface area (Å²) >= 11 is 14.3. The van der Waals surface area contributed by atoms with Crippen LogP contribution in [-0.2, 0) is 0 Å². The number of aromatic nitrogens is 2. The molecule has 11 heteroatoms. The molecule has 5 rings (SSSR count). The molecule has 2 aromatic carbocycles. The molecule has 194 valence electrons. The molecule has 0 amide bonds. The first-order chi connectivity index (χ1) is 18.3. The van der Waals surface area contributed by atoms with Crippen molar-refractivity contribution < 1.29 is 4.39 Å². The van der Waals surface area contributed by atoms with E-state index in [1.165, 1.54) is 12.3 Å². The molecule has 0 aliphatic carbocycles. The van der Waals surface area contributed by atoms with Gasteiger partial charge in [0.1, 0.15) is 6.04 Å². The van der Waals surface area contributed by atoms with Gasteiger partial charge in [-0.15, -0.1) is 23.3 Å². The third-order valence-electron chi connectivity index (χ3n) is 6.12. The normalized spacial score (nSPS) is 13.8. The number of benzene rings is 2. The Hall–Kier alpha value is -3.55. The summed E-state index contributed by atoms with van der Waals surface area (Å²) < 4.78 is 14.8. The molecule has 0 saturated carbocycles. The van der Waals surface area contributed by atoms with Crippen LogP contribution < -0.4 is 21.6 Å². The summed E-state index contributed by atoms with van der Waals surface area (Å²) in [6, 6.07) is 8.42. The van der Waals surface area contributed by atoms with E-state index in [1.807, 2.05) is 35.8 Å². The van der Waals surface area contributed by atoms with Gasteiger partial charge in [0.15, 0.2) is 5.82 Å². The predicted molar refractivity (Wildman–Crippen MR) is 154 cm³/mol. The number of halogens is 3. The highest BCUT2D eigenvalue weighted by atomic mass is 35.5. The summed E-state index contributed by atoms with van der Waals surface area (Å²) in [5, 5.41) is 9.74. The lowest BCUT2D eigenvalue weighted by Crippen LogP contribution is -2.41. The van der Waals surface area contributed by atoms with Crippen LogP contribution in [0.4, 0.5) is 21.5 Å². The molecule has 0 radical (unpaired) electrons. The number of nitrogens with one attached hydrogen (secondary N) is 4. The van der Waals surface area contributed by atoms with E-state index in [9.17, 15) is 4.39 Å². The van der Waals surface area contributed by atoms with Gasteiger partial charge in [-0.1, -0.05) is 35.2 Å². The van der Waals surface area contributed by atoms with Crippen molar-refractivity contribution in [3.05, 3.63) is 85.9 Å². The maximum absolute atomic E-state index is 14.8. The predicted octanol–water partition coefficient (Wildman–Crippen LogP) is 6.90. The van der Waals surface area contributed by atoms with Crippen LogP contribution in [0.3, 0.4) is 0 Å². The van der Waals surface area contributed by atoms with Gasteiger partial charge in [0.05, 0.1) is 54.3 Å². The smallest absolute Gasteiger partial charge is 0.165 e. The van der Waals surface area contributed by atoms with Crippen molar-refractivity contribution in [2.24, 2.45) is 0 Å². The average molecular weight is 569 g/mol. The zero-order valence-corrected chi connectivity index (χ0v) is 23.1. The first-order valence-electron chi connectivity index (χ1n) is 11.7. The van der Waals surface area contributed by atoms with E-state index in [2.05, 4.69) is 51.3 Å². The lowest BCUT2D eigenvalue weighted by Gasteiger charge is -2.21. The zero-order chi connectivity index (χ0) is 27.0. The maximum atomic E-state index is 14.8. The average Bonchev–Trinajstić information content (AvgIpc) is 3.55. The molecule has 2 aromatic heterocycles. The van der Waals surface area contributed by atoms with Gasteiger partial charge in [-0.25, -0.2) is 9.37 Å². The molecule has 38 heavy (non-hydrogen) atoms. The van der Waals surface area contributed by atoms with Crippen LogP contribution in [0.25, 0.3) is 10.9 Å². The fourth-order valence-corrected chi connectivity index (χ4v) is 5.44. The highest BCUT2D eigenvalue weighted by Crippen LogP contribution is 2.38. The number of thiazole rings is 1. The highest BCUT2D eigenvalue weighted by Gasteiger charge is 2.26. The Labute approximate surface area is 234 Å². The number of terminal acetylenes is 1.